The summed E-state index contributed by atoms with van der Waals surface area (Å²) in [5.41, 5.74) is 8.86. The van der Waals surface area contributed by atoms with E-state index in [0.29, 0.717) is 11.5 Å². The molecular weight excluding hydrogens is 856 g/mol. The fourth-order valence-electron chi connectivity index (χ4n) is 7.39. The number of hydrogen-bond donors (Lipinski definition) is 0. The Bertz CT molecular complexity index is 2520. The molecule has 6 heteroatoms. The van der Waals surface area contributed by atoms with Crippen LogP contribution in [0.3, 0.4) is 0 Å². The maximum absolute atomic E-state index is 6.53. The molecule has 1 aliphatic rings. The van der Waals surface area contributed by atoms with Gasteiger partial charge >= 0.3 is 0 Å². The molecule has 2 aromatic heterocycles. The van der Waals surface area contributed by atoms with Crippen molar-refractivity contribution in [1.82, 2.24) is 9.55 Å². The standard InChI is InChI=1S/C49H47N4O.Pt/c1-47(2,3)35-25-26-50-45(30-35)53-43-22-14-21-42(48(4,5)6)46(43)41-24-23-40(32-44(41)53)54-39-20-13-19-38(31-39)52-28-27-51(33-52)37-18-12-17-36(29-37)49(7,8)34-15-10-9-11-16-34;/h9-30,33H,1-8H3;/q-3;. The van der Waals surface area contributed by atoms with Crippen molar-refractivity contribution in [2.75, 3.05) is 9.80 Å². The van der Waals surface area contributed by atoms with Gasteiger partial charge in [0, 0.05) is 55.4 Å². The molecule has 0 spiro atoms. The molecule has 7 aromatic rings. The number of nitrogens with zero attached hydrogens (tertiary/aromatic N) is 4. The first-order valence-corrected chi connectivity index (χ1v) is 18.7. The Morgan fingerprint density at radius 3 is 2.09 bits per heavy atom. The fraction of sp³-hybridized carbons (Fsp3) is 0.224. The van der Waals surface area contributed by atoms with Crippen molar-refractivity contribution < 1.29 is 25.8 Å². The average Bonchev–Trinajstić information content (AvgIpc) is 3.78. The summed E-state index contributed by atoms with van der Waals surface area (Å²) in [7, 11) is 0. The Morgan fingerprint density at radius 1 is 0.618 bits per heavy atom. The smallest absolute Gasteiger partial charge is 0.135 e. The molecule has 0 saturated heterocycles. The van der Waals surface area contributed by atoms with Crippen LogP contribution in [-0.4, -0.2) is 9.55 Å². The van der Waals surface area contributed by atoms with Gasteiger partial charge < -0.3 is 19.1 Å². The molecule has 0 unspecified atom stereocenters. The zero-order chi connectivity index (χ0) is 37.8. The van der Waals surface area contributed by atoms with Crippen molar-refractivity contribution in [3.05, 3.63) is 175 Å². The average molecular weight is 903 g/mol. The molecule has 3 heterocycles. The Labute approximate surface area is 340 Å². The maximum atomic E-state index is 6.53. The van der Waals surface area contributed by atoms with Crippen molar-refractivity contribution in [2.45, 2.75) is 71.6 Å². The summed E-state index contributed by atoms with van der Waals surface area (Å²) in [6.45, 7) is 20.1. The molecule has 0 saturated carbocycles. The number of ether oxygens (including phenoxy) is 1. The third-order valence-corrected chi connectivity index (χ3v) is 10.6. The predicted octanol–water partition coefficient (Wildman–Crippen LogP) is 12.4. The maximum Gasteiger partial charge on any atom is 0.135 e. The molecule has 0 N–H and O–H groups in total. The van der Waals surface area contributed by atoms with Crippen molar-refractivity contribution in [1.29, 1.82) is 0 Å². The number of fused-ring (bicyclic) bond motifs is 3. The molecule has 0 bridgehead atoms. The second-order valence-electron chi connectivity index (χ2n) is 16.8. The zero-order valence-corrected chi connectivity index (χ0v) is 35.1. The number of pyridine rings is 1. The third-order valence-electron chi connectivity index (χ3n) is 10.6. The number of aromatic nitrogens is 2. The molecule has 0 aliphatic carbocycles. The molecule has 0 atom stereocenters. The van der Waals surface area contributed by atoms with Gasteiger partial charge in [-0.1, -0.05) is 116 Å². The van der Waals surface area contributed by atoms with E-state index in [1.54, 1.807) is 0 Å². The van der Waals surface area contributed by atoms with Gasteiger partial charge in [-0.05, 0) is 81.2 Å². The summed E-state index contributed by atoms with van der Waals surface area (Å²) in [5.74, 6) is 2.09. The van der Waals surface area contributed by atoms with Gasteiger partial charge in [-0.25, -0.2) is 4.98 Å². The fourth-order valence-corrected chi connectivity index (χ4v) is 7.39. The van der Waals surface area contributed by atoms with Crippen LogP contribution < -0.4 is 14.5 Å². The van der Waals surface area contributed by atoms with Gasteiger partial charge in [0.15, 0.2) is 0 Å². The molecule has 5 aromatic carbocycles. The Hall–Kier alpha value is -5.12. The molecule has 8 rings (SSSR count). The van der Waals surface area contributed by atoms with Gasteiger partial charge in [-0.2, -0.15) is 12.1 Å². The minimum atomic E-state index is -0.129. The normalized spacial score (nSPS) is 13.5. The Morgan fingerprint density at radius 2 is 1.33 bits per heavy atom. The zero-order valence-electron chi connectivity index (χ0n) is 32.8. The first kappa shape index (κ1) is 38.2. The summed E-state index contributed by atoms with van der Waals surface area (Å²) >= 11 is 0. The molecule has 0 amide bonds. The molecule has 0 radical (unpaired) electrons. The van der Waals surface area contributed by atoms with E-state index in [0.717, 1.165) is 33.6 Å². The van der Waals surface area contributed by atoms with Gasteiger partial charge in [0.05, 0.1) is 0 Å². The SMILES string of the molecule is CC(C)(C)c1ccnc(-n2c3[c-]c(Oc4[c-]c(N5C=CN(c6cccc(C(C)(C)c7ccccc7)c6)[CH-]5)ccc4)ccc3c3c(C(C)(C)C)cccc32)c1.[Pt]. The van der Waals surface area contributed by atoms with Gasteiger partial charge in [0.2, 0.25) is 0 Å². The molecule has 0 fully saturated rings. The summed E-state index contributed by atoms with van der Waals surface area (Å²) < 4.78 is 8.77. The molecule has 282 valence electrons. The quantitative estimate of drug-likeness (QED) is 0.149. The van der Waals surface area contributed by atoms with E-state index in [9.17, 15) is 0 Å². The van der Waals surface area contributed by atoms with Gasteiger partial charge in [0.25, 0.3) is 0 Å². The summed E-state index contributed by atoms with van der Waals surface area (Å²) in [4.78, 5) is 9.10. The van der Waals surface area contributed by atoms with Crippen LogP contribution in [0.1, 0.15) is 77.6 Å². The van der Waals surface area contributed by atoms with Crippen LogP contribution in [0.2, 0.25) is 0 Å². The van der Waals surface area contributed by atoms with Crippen LogP contribution in [0, 0.1) is 18.8 Å². The summed E-state index contributed by atoms with van der Waals surface area (Å²) in [6.07, 6.45) is 6.03. The first-order valence-electron chi connectivity index (χ1n) is 18.7. The first-order chi connectivity index (χ1) is 25.8. The van der Waals surface area contributed by atoms with Crippen LogP contribution in [0.4, 0.5) is 11.4 Å². The summed E-state index contributed by atoms with van der Waals surface area (Å²) in [6, 6.07) is 47.6. The largest absolute Gasteiger partial charge is 0.509 e. The topological polar surface area (TPSA) is 33.5 Å². The van der Waals surface area contributed by atoms with E-state index >= 15 is 0 Å². The van der Waals surface area contributed by atoms with Crippen molar-refractivity contribution in [3.63, 3.8) is 0 Å². The number of rotatable bonds is 7. The molecule has 1 aliphatic heterocycles. The van der Waals surface area contributed by atoms with E-state index in [2.05, 4.69) is 186 Å². The van der Waals surface area contributed by atoms with Crippen LogP contribution in [0.25, 0.3) is 27.6 Å². The number of benzene rings is 5. The monoisotopic (exact) mass is 902 g/mol. The second-order valence-corrected chi connectivity index (χ2v) is 16.8. The van der Waals surface area contributed by atoms with E-state index in [4.69, 9.17) is 9.72 Å². The van der Waals surface area contributed by atoms with Crippen LogP contribution >= 0.6 is 0 Å². The minimum absolute atomic E-state index is 0. The molecule has 5 nitrogen and oxygen atoms in total. The third kappa shape index (κ3) is 7.35. The Kier molecular flexibility index (Phi) is 10.1. The number of hydrogen-bond acceptors (Lipinski definition) is 4. The van der Waals surface area contributed by atoms with Crippen molar-refractivity contribution >= 4 is 33.2 Å². The van der Waals surface area contributed by atoms with Gasteiger partial charge in [0.1, 0.15) is 5.82 Å². The van der Waals surface area contributed by atoms with E-state index in [1.165, 1.54) is 27.6 Å². The van der Waals surface area contributed by atoms with Crippen LogP contribution in [0.5, 0.6) is 11.5 Å². The Balaban J connectivity index is 0.00000465. The van der Waals surface area contributed by atoms with Gasteiger partial charge in [-0.15, -0.1) is 48.1 Å². The summed E-state index contributed by atoms with van der Waals surface area (Å²) in [5, 5.41) is 2.34. The van der Waals surface area contributed by atoms with Crippen molar-refractivity contribution in [3.8, 4) is 17.3 Å². The van der Waals surface area contributed by atoms with E-state index in [-0.39, 0.29) is 37.3 Å². The van der Waals surface area contributed by atoms with E-state index < -0.39 is 0 Å². The minimum Gasteiger partial charge on any atom is -0.509 e. The molecular formula is C49H47N4OPt-3. The van der Waals surface area contributed by atoms with Crippen molar-refractivity contribution in [2.24, 2.45) is 0 Å². The van der Waals surface area contributed by atoms with E-state index in [1.807, 2.05) is 36.7 Å². The molecule has 55 heavy (non-hydrogen) atoms. The second kappa shape index (κ2) is 14.5. The van der Waals surface area contributed by atoms with Gasteiger partial charge in [-0.3, -0.25) is 0 Å². The number of anilines is 2. The predicted molar refractivity (Wildman–Crippen MR) is 224 cm³/mol. The van der Waals surface area contributed by atoms with Crippen LogP contribution in [0.15, 0.2) is 134 Å². The van der Waals surface area contributed by atoms with Crippen LogP contribution in [-0.2, 0) is 37.3 Å².